The summed E-state index contributed by atoms with van der Waals surface area (Å²) in [5.41, 5.74) is 0. The van der Waals surface area contributed by atoms with E-state index in [1.165, 1.54) is 12.8 Å². The van der Waals surface area contributed by atoms with Gasteiger partial charge >= 0.3 is 0 Å². The van der Waals surface area contributed by atoms with Crippen molar-refractivity contribution in [3.05, 3.63) is 12.4 Å². The second-order valence-electron chi connectivity index (χ2n) is 3.80. The van der Waals surface area contributed by atoms with Crippen LogP contribution < -0.4 is 10.1 Å². The number of hydrogen-bond donors (Lipinski definition) is 1. The predicted octanol–water partition coefficient (Wildman–Crippen LogP) is 2.23. The van der Waals surface area contributed by atoms with E-state index in [1.807, 2.05) is 13.0 Å². The Morgan fingerprint density at radius 3 is 2.93 bits per heavy atom. The van der Waals surface area contributed by atoms with Gasteiger partial charge in [-0.3, -0.25) is 0 Å². The monoisotopic (exact) mass is 207 g/mol. The first kappa shape index (κ1) is 10.2. The molecule has 2 rings (SSSR count). The van der Waals surface area contributed by atoms with Crippen LogP contribution in [-0.2, 0) is 0 Å². The third kappa shape index (κ3) is 2.81. The minimum Gasteiger partial charge on any atom is -0.474 e. The Kier molecular flexibility index (Phi) is 3.37. The smallest absolute Gasteiger partial charge is 0.218 e. The van der Waals surface area contributed by atoms with E-state index in [0.717, 1.165) is 25.2 Å². The number of nitrogens with zero attached hydrogens (tertiary/aromatic N) is 2. The Labute approximate surface area is 90.1 Å². The molecule has 4 heteroatoms. The van der Waals surface area contributed by atoms with Gasteiger partial charge in [-0.1, -0.05) is 0 Å². The Hall–Kier alpha value is -1.32. The molecule has 1 N–H and O–H groups in total. The van der Waals surface area contributed by atoms with E-state index >= 15 is 0 Å². The second-order valence-corrected chi connectivity index (χ2v) is 3.80. The fourth-order valence-corrected chi connectivity index (χ4v) is 1.86. The molecule has 1 saturated carbocycles. The van der Waals surface area contributed by atoms with Crippen molar-refractivity contribution in [1.82, 2.24) is 9.97 Å². The molecule has 0 amide bonds. The normalized spacial score (nSPS) is 16.6. The van der Waals surface area contributed by atoms with Crippen LogP contribution in [0.3, 0.4) is 0 Å². The molecule has 0 aliphatic heterocycles. The van der Waals surface area contributed by atoms with Crippen molar-refractivity contribution in [2.24, 2.45) is 0 Å². The van der Waals surface area contributed by atoms with Gasteiger partial charge in [-0.2, -0.15) is 0 Å². The van der Waals surface area contributed by atoms with Crippen LogP contribution in [0.4, 0.5) is 5.82 Å². The molecule has 0 saturated heterocycles. The van der Waals surface area contributed by atoms with Crippen LogP contribution in [0.15, 0.2) is 12.4 Å². The van der Waals surface area contributed by atoms with Gasteiger partial charge in [-0.25, -0.2) is 9.97 Å². The highest BCUT2D eigenvalue weighted by molar-refractivity contribution is 5.36. The van der Waals surface area contributed by atoms with Crippen LogP contribution in [0.25, 0.3) is 0 Å². The summed E-state index contributed by atoms with van der Waals surface area (Å²) in [5, 5.41) is 3.14. The minimum absolute atomic E-state index is 0.356. The first-order chi connectivity index (χ1) is 7.38. The topological polar surface area (TPSA) is 47.0 Å². The summed E-state index contributed by atoms with van der Waals surface area (Å²) in [6, 6.07) is 1.86. The van der Waals surface area contributed by atoms with Gasteiger partial charge in [0.25, 0.3) is 0 Å². The van der Waals surface area contributed by atoms with E-state index in [4.69, 9.17) is 4.74 Å². The van der Waals surface area contributed by atoms with Crippen LogP contribution in [-0.4, -0.2) is 22.6 Å². The molecular formula is C11H17N3O. The van der Waals surface area contributed by atoms with Crippen molar-refractivity contribution in [2.45, 2.75) is 38.7 Å². The van der Waals surface area contributed by atoms with Gasteiger partial charge in [0.2, 0.25) is 5.88 Å². The molecule has 1 fully saturated rings. The zero-order valence-corrected chi connectivity index (χ0v) is 9.07. The zero-order valence-electron chi connectivity index (χ0n) is 9.07. The molecule has 0 radical (unpaired) electrons. The van der Waals surface area contributed by atoms with Crippen LogP contribution in [0.5, 0.6) is 5.88 Å². The Balaban J connectivity index is 1.97. The number of anilines is 1. The summed E-state index contributed by atoms with van der Waals surface area (Å²) in [7, 11) is 0. The number of hydrogen-bond acceptors (Lipinski definition) is 4. The average molecular weight is 207 g/mol. The molecule has 1 aliphatic carbocycles. The largest absolute Gasteiger partial charge is 0.474 e. The van der Waals surface area contributed by atoms with Gasteiger partial charge in [0.05, 0.1) is 0 Å². The van der Waals surface area contributed by atoms with E-state index in [0.29, 0.717) is 12.0 Å². The summed E-state index contributed by atoms with van der Waals surface area (Å²) >= 11 is 0. The molecule has 0 atom stereocenters. The molecule has 0 bridgehead atoms. The third-order valence-corrected chi connectivity index (χ3v) is 2.59. The van der Waals surface area contributed by atoms with E-state index in [1.54, 1.807) is 6.33 Å². The number of ether oxygens (including phenoxy) is 1. The Morgan fingerprint density at radius 1 is 1.40 bits per heavy atom. The van der Waals surface area contributed by atoms with Crippen molar-refractivity contribution in [3.8, 4) is 5.88 Å². The van der Waals surface area contributed by atoms with E-state index in [2.05, 4.69) is 15.3 Å². The summed E-state index contributed by atoms with van der Waals surface area (Å²) < 4.78 is 5.77. The predicted molar refractivity (Wildman–Crippen MR) is 59.1 cm³/mol. The quantitative estimate of drug-likeness (QED) is 0.822. The van der Waals surface area contributed by atoms with Crippen molar-refractivity contribution >= 4 is 5.82 Å². The first-order valence-corrected chi connectivity index (χ1v) is 5.61. The standard InChI is InChI=1S/C11H17N3O/c1-2-12-10-7-11(14-8-13-10)15-9-5-3-4-6-9/h7-9H,2-6H2,1H3,(H,12,13,14). The lowest BCUT2D eigenvalue weighted by Crippen LogP contribution is -2.12. The highest BCUT2D eigenvalue weighted by Gasteiger charge is 2.16. The van der Waals surface area contributed by atoms with E-state index in [-0.39, 0.29) is 0 Å². The first-order valence-electron chi connectivity index (χ1n) is 5.61. The lowest BCUT2D eigenvalue weighted by molar-refractivity contribution is 0.201. The molecule has 0 unspecified atom stereocenters. The van der Waals surface area contributed by atoms with Crippen LogP contribution >= 0.6 is 0 Å². The van der Waals surface area contributed by atoms with Crippen molar-refractivity contribution < 1.29 is 4.74 Å². The van der Waals surface area contributed by atoms with Gasteiger partial charge in [0.15, 0.2) is 0 Å². The number of rotatable bonds is 4. The van der Waals surface area contributed by atoms with Crippen LogP contribution in [0, 0.1) is 0 Å². The van der Waals surface area contributed by atoms with Crippen LogP contribution in [0.2, 0.25) is 0 Å². The van der Waals surface area contributed by atoms with Gasteiger partial charge in [0, 0.05) is 12.6 Å². The van der Waals surface area contributed by atoms with Crippen LogP contribution in [0.1, 0.15) is 32.6 Å². The highest BCUT2D eigenvalue weighted by atomic mass is 16.5. The zero-order chi connectivity index (χ0) is 10.5. The molecule has 4 nitrogen and oxygen atoms in total. The van der Waals surface area contributed by atoms with Crippen molar-refractivity contribution in [3.63, 3.8) is 0 Å². The summed E-state index contributed by atoms with van der Waals surface area (Å²) in [5.74, 6) is 1.52. The molecule has 1 aromatic heterocycles. The maximum absolute atomic E-state index is 5.77. The van der Waals surface area contributed by atoms with E-state index in [9.17, 15) is 0 Å². The molecule has 0 spiro atoms. The molecule has 1 heterocycles. The fourth-order valence-electron chi connectivity index (χ4n) is 1.86. The summed E-state index contributed by atoms with van der Waals surface area (Å²) in [6.45, 7) is 2.90. The Bertz CT molecular complexity index is 310. The van der Waals surface area contributed by atoms with Crippen molar-refractivity contribution in [2.75, 3.05) is 11.9 Å². The van der Waals surface area contributed by atoms with Gasteiger partial charge in [0.1, 0.15) is 18.2 Å². The molecule has 1 aliphatic rings. The van der Waals surface area contributed by atoms with Gasteiger partial charge in [-0.15, -0.1) is 0 Å². The lowest BCUT2D eigenvalue weighted by atomic mass is 10.3. The van der Waals surface area contributed by atoms with E-state index < -0.39 is 0 Å². The molecule has 0 aromatic carbocycles. The third-order valence-electron chi connectivity index (χ3n) is 2.59. The second kappa shape index (κ2) is 4.96. The maximum atomic E-state index is 5.77. The SMILES string of the molecule is CCNc1cc(OC2CCCC2)ncn1. The molecule has 82 valence electrons. The maximum Gasteiger partial charge on any atom is 0.218 e. The lowest BCUT2D eigenvalue weighted by Gasteiger charge is -2.12. The van der Waals surface area contributed by atoms with Gasteiger partial charge in [-0.05, 0) is 32.6 Å². The molecule has 15 heavy (non-hydrogen) atoms. The number of nitrogens with one attached hydrogen (secondary N) is 1. The van der Waals surface area contributed by atoms with Crippen molar-refractivity contribution in [1.29, 1.82) is 0 Å². The van der Waals surface area contributed by atoms with Gasteiger partial charge < -0.3 is 10.1 Å². The summed E-state index contributed by atoms with van der Waals surface area (Å²) in [4.78, 5) is 8.21. The molecular weight excluding hydrogens is 190 g/mol. The number of aromatic nitrogens is 2. The Morgan fingerprint density at radius 2 is 2.20 bits per heavy atom. The minimum atomic E-state index is 0.356. The summed E-state index contributed by atoms with van der Waals surface area (Å²) in [6.07, 6.45) is 6.75. The molecule has 1 aromatic rings. The highest BCUT2D eigenvalue weighted by Crippen LogP contribution is 2.23. The average Bonchev–Trinajstić information content (AvgIpc) is 2.71. The fraction of sp³-hybridized carbons (Fsp3) is 0.636.